The standard InChI is InChI=1S/C20H27N3O3/c1-17-5-7-18(8-6-17)26-15-20(25)9-3-12-23(14-20)19(24)4-2-11-22-13-10-21-16-22/h5-8,10,13,16,25H,2-4,9,11-12,14-15H2,1H3/t20-/m1/s1. The normalized spacial score (nSPS) is 20.2. The summed E-state index contributed by atoms with van der Waals surface area (Å²) in [6, 6.07) is 7.77. The highest BCUT2D eigenvalue weighted by Crippen LogP contribution is 2.24. The lowest BCUT2D eigenvalue weighted by atomic mass is 9.93. The molecule has 6 nitrogen and oxygen atoms in total. The Morgan fingerprint density at radius 3 is 2.88 bits per heavy atom. The Bertz CT molecular complexity index is 700. The number of piperidine rings is 1. The molecule has 1 aliphatic heterocycles. The number of benzene rings is 1. The van der Waals surface area contributed by atoms with E-state index in [2.05, 4.69) is 4.98 Å². The van der Waals surface area contributed by atoms with E-state index in [9.17, 15) is 9.90 Å². The van der Waals surface area contributed by atoms with Crippen molar-refractivity contribution in [3.63, 3.8) is 0 Å². The molecule has 0 radical (unpaired) electrons. The van der Waals surface area contributed by atoms with Crippen LogP contribution in [0.3, 0.4) is 0 Å². The van der Waals surface area contributed by atoms with Crippen LogP contribution in [0.4, 0.5) is 0 Å². The smallest absolute Gasteiger partial charge is 0.222 e. The largest absolute Gasteiger partial charge is 0.491 e. The molecule has 1 aromatic heterocycles. The number of rotatable bonds is 7. The fraction of sp³-hybridized carbons (Fsp3) is 0.500. The second-order valence-electron chi connectivity index (χ2n) is 7.15. The zero-order chi connectivity index (χ0) is 18.4. The van der Waals surface area contributed by atoms with Crippen LogP contribution in [0.15, 0.2) is 43.0 Å². The summed E-state index contributed by atoms with van der Waals surface area (Å²) in [5, 5.41) is 10.9. The summed E-state index contributed by atoms with van der Waals surface area (Å²) in [5.74, 6) is 0.839. The minimum absolute atomic E-state index is 0.0959. The summed E-state index contributed by atoms with van der Waals surface area (Å²) in [6.07, 6.45) is 8.08. The van der Waals surface area contributed by atoms with E-state index < -0.39 is 5.60 Å². The Morgan fingerprint density at radius 1 is 1.35 bits per heavy atom. The molecule has 2 aromatic rings. The van der Waals surface area contributed by atoms with Crippen molar-refractivity contribution in [1.29, 1.82) is 0 Å². The topological polar surface area (TPSA) is 67.6 Å². The third-order valence-corrected chi connectivity index (χ3v) is 4.80. The van der Waals surface area contributed by atoms with Gasteiger partial charge in [-0.05, 0) is 38.3 Å². The van der Waals surface area contributed by atoms with E-state index in [4.69, 9.17) is 4.74 Å². The molecule has 1 N–H and O–H groups in total. The number of ether oxygens (including phenoxy) is 1. The number of likely N-dealkylation sites (tertiary alicyclic amines) is 1. The second-order valence-corrected chi connectivity index (χ2v) is 7.15. The first kappa shape index (κ1) is 18.5. The Hall–Kier alpha value is -2.34. The third kappa shape index (κ3) is 5.08. The molecule has 3 rings (SSSR count). The number of hydrogen-bond acceptors (Lipinski definition) is 4. The van der Waals surface area contributed by atoms with E-state index >= 15 is 0 Å². The van der Waals surface area contributed by atoms with Crippen LogP contribution in [0, 0.1) is 6.92 Å². The van der Waals surface area contributed by atoms with Crippen LogP contribution in [0.25, 0.3) is 0 Å². The lowest BCUT2D eigenvalue weighted by Gasteiger charge is -2.39. The van der Waals surface area contributed by atoms with Crippen LogP contribution in [0.2, 0.25) is 0 Å². The highest BCUT2D eigenvalue weighted by molar-refractivity contribution is 5.76. The summed E-state index contributed by atoms with van der Waals surface area (Å²) in [4.78, 5) is 18.2. The summed E-state index contributed by atoms with van der Waals surface area (Å²) >= 11 is 0. The van der Waals surface area contributed by atoms with Crippen molar-refractivity contribution < 1.29 is 14.6 Å². The average Bonchev–Trinajstić information content (AvgIpc) is 3.15. The molecule has 0 spiro atoms. The van der Waals surface area contributed by atoms with Crippen molar-refractivity contribution in [2.24, 2.45) is 0 Å². The highest BCUT2D eigenvalue weighted by atomic mass is 16.5. The van der Waals surface area contributed by atoms with E-state index in [0.29, 0.717) is 25.9 Å². The molecule has 1 atom stereocenters. The van der Waals surface area contributed by atoms with E-state index in [1.165, 1.54) is 5.56 Å². The van der Waals surface area contributed by atoms with Gasteiger partial charge in [-0.15, -0.1) is 0 Å². The van der Waals surface area contributed by atoms with Crippen LogP contribution in [-0.2, 0) is 11.3 Å². The van der Waals surface area contributed by atoms with Crippen molar-refractivity contribution in [3.05, 3.63) is 48.5 Å². The van der Waals surface area contributed by atoms with Gasteiger partial charge >= 0.3 is 0 Å². The number of hydrogen-bond donors (Lipinski definition) is 1. The van der Waals surface area contributed by atoms with Gasteiger partial charge in [-0.2, -0.15) is 0 Å². The van der Waals surface area contributed by atoms with Crippen molar-refractivity contribution in [3.8, 4) is 5.75 Å². The molecule has 26 heavy (non-hydrogen) atoms. The Morgan fingerprint density at radius 2 is 2.15 bits per heavy atom. The number of aryl methyl sites for hydroxylation is 2. The predicted octanol–water partition coefficient (Wildman–Crippen LogP) is 2.40. The number of β-amino-alcohol motifs (C(OH)–C–C–N with tert-alkyl or cyclic N) is 1. The van der Waals surface area contributed by atoms with E-state index in [-0.39, 0.29) is 12.5 Å². The van der Waals surface area contributed by atoms with Crippen molar-refractivity contribution >= 4 is 5.91 Å². The molecule has 0 aliphatic carbocycles. The molecular formula is C20H27N3O3. The van der Waals surface area contributed by atoms with Gasteiger partial charge in [0.2, 0.25) is 5.91 Å². The van der Waals surface area contributed by atoms with Gasteiger partial charge in [0.25, 0.3) is 0 Å². The summed E-state index contributed by atoms with van der Waals surface area (Å²) in [6.45, 7) is 4.05. The maximum absolute atomic E-state index is 12.5. The van der Waals surface area contributed by atoms with Gasteiger partial charge in [-0.25, -0.2) is 4.98 Å². The molecule has 1 saturated heterocycles. The second kappa shape index (κ2) is 8.36. The zero-order valence-corrected chi connectivity index (χ0v) is 15.3. The Labute approximate surface area is 154 Å². The summed E-state index contributed by atoms with van der Waals surface area (Å²) in [7, 11) is 0. The molecule has 0 saturated carbocycles. The molecule has 1 amide bonds. The van der Waals surface area contributed by atoms with Gasteiger partial charge in [0.1, 0.15) is 18.0 Å². The number of nitrogens with zero attached hydrogens (tertiary/aromatic N) is 3. The van der Waals surface area contributed by atoms with Crippen molar-refractivity contribution in [2.45, 2.75) is 44.8 Å². The van der Waals surface area contributed by atoms with Gasteiger partial charge in [-0.3, -0.25) is 4.79 Å². The molecule has 1 aliphatic rings. The minimum atomic E-state index is -0.983. The monoisotopic (exact) mass is 357 g/mol. The molecule has 2 heterocycles. The lowest BCUT2D eigenvalue weighted by molar-refractivity contribution is -0.140. The Kier molecular flexibility index (Phi) is 5.93. The number of amides is 1. The van der Waals surface area contributed by atoms with Crippen LogP contribution >= 0.6 is 0 Å². The fourth-order valence-electron chi connectivity index (χ4n) is 3.29. The molecule has 0 bridgehead atoms. The van der Waals surface area contributed by atoms with Gasteiger partial charge in [0.15, 0.2) is 0 Å². The fourth-order valence-corrected chi connectivity index (χ4v) is 3.29. The maximum Gasteiger partial charge on any atom is 0.222 e. The zero-order valence-electron chi connectivity index (χ0n) is 15.3. The predicted molar refractivity (Wildman–Crippen MR) is 98.9 cm³/mol. The van der Waals surface area contributed by atoms with Gasteiger partial charge in [-0.1, -0.05) is 17.7 Å². The third-order valence-electron chi connectivity index (χ3n) is 4.80. The molecule has 140 valence electrons. The first-order valence-corrected chi connectivity index (χ1v) is 9.19. The van der Waals surface area contributed by atoms with Crippen molar-refractivity contribution in [2.75, 3.05) is 19.7 Å². The molecule has 1 fully saturated rings. The number of carbonyl (C=O) groups is 1. The molecular weight excluding hydrogens is 330 g/mol. The summed E-state index contributed by atoms with van der Waals surface area (Å²) < 4.78 is 7.73. The number of carbonyl (C=O) groups excluding carboxylic acids is 1. The van der Waals surface area contributed by atoms with Gasteiger partial charge in [0.05, 0.1) is 12.9 Å². The maximum atomic E-state index is 12.5. The van der Waals surface area contributed by atoms with Gasteiger partial charge in [0, 0.05) is 31.9 Å². The first-order valence-electron chi connectivity index (χ1n) is 9.19. The van der Waals surface area contributed by atoms with E-state index in [1.54, 1.807) is 17.4 Å². The SMILES string of the molecule is Cc1ccc(OC[C@@]2(O)CCCN(C(=O)CCCn3ccnc3)C2)cc1. The van der Waals surface area contributed by atoms with Crippen LogP contribution in [0.5, 0.6) is 5.75 Å². The van der Waals surface area contributed by atoms with Crippen LogP contribution in [0.1, 0.15) is 31.2 Å². The molecule has 0 unspecified atom stereocenters. The lowest BCUT2D eigenvalue weighted by Crippen LogP contribution is -2.53. The minimum Gasteiger partial charge on any atom is -0.491 e. The quantitative estimate of drug-likeness (QED) is 0.826. The number of imidazole rings is 1. The molecule has 6 heteroatoms. The molecule has 1 aromatic carbocycles. The van der Waals surface area contributed by atoms with Crippen LogP contribution in [-0.4, -0.2) is 50.8 Å². The van der Waals surface area contributed by atoms with Crippen LogP contribution < -0.4 is 4.74 Å². The summed E-state index contributed by atoms with van der Waals surface area (Å²) in [5.41, 5.74) is 0.185. The number of aromatic nitrogens is 2. The van der Waals surface area contributed by atoms with Crippen molar-refractivity contribution in [1.82, 2.24) is 14.5 Å². The number of aliphatic hydroxyl groups is 1. The first-order chi connectivity index (χ1) is 12.5. The highest BCUT2D eigenvalue weighted by Gasteiger charge is 2.35. The van der Waals surface area contributed by atoms with E-state index in [1.807, 2.05) is 42.0 Å². The average molecular weight is 357 g/mol. The Balaban J connectivity index is 1.47. The van der Waals surface area contributed by atoms with Gasteiger partial charge < -0.3 is 19.3 Å². The van der Waals surface area contributed by atoms with E-state index in [0.717, 1.165) is 25.1 Å².